The predicted octanol–water partition coefficient (Wildman–Crippen LogP) is 0.624. The fourth-order valence-corrected chi connectivity index (χ4v) is 17.1. The molecule has 4 aliphatic heterocycles. The van der Waals surface area contributed by atoms with Crippen LogP contribution in [0.3, 0.4) is 0 Å². The summed E-state index contributed by atoms with van der Waals surface area (Å²) in [5, 5.41) is 65.6. The molecule has 11 amide bonds. The number of nitrogens with two attached hydrogens (primary N) is 1. The Kier molecular flexibility index (Phi) is 45.2. The van der Waals surface area contributed by atoms with Crippen molar-refractivity contribution in [3.63, 3.8) is 0 Å². The van der Waals surface area contributed by atoms with E-state index < -0.39 is 120 Å². The molecule has 0 aliphatic carbocycles. The number of likely N-dealkylation sites (N-methyl/N-ethyl adjacent to an activating group) is 1. The molecule has 15 N–H and O–H groups in total. The molecule has 658 valence electrons. The Bertz CT molecular complexity index is 3600. The van der Waals surface area contributed by atoms with Crippen LogP contribution >= 0.6 is 35.3 Å². The maximum Gasteiger partial charge on any atom is 0.327 e. The molecule has 0 saturated carbocycles. The van der Waals surface area contributed by atoms with Gasteiger partial charge in [-0.15, -0.1) is 0 Å². The standard InChI is InChI=1S/C80H124N14O21S3/c1-4-5-7-21-69(100)86-61-50-117-48-57-41-56(47-116-40-30-85-68(99)25-24-67(98)84-28-15-35-114-37-39-115-38-36-113-34-14-27-83-66(97)20-10-11-26-80(91(3)45-70(101)102)52-82-29-33-92(53-80)46-71(103)104)42-58(43-57)49-118-51-62(79(111)112)89-74(106)60(44-55-16-8-6-9-17-55)88-73(105)59(22-23-65(81)96)87-76(108)72(54(2)95)90-75(107)63-18-12-31-93(63)78(110)64-19-13-32-94(64)77(61)109/h6,8-9,16-17,41-43,54,59-64,72,82,95H,4-5,7,10-15,18-40,44-53H2,1-3H3,(H2,81,96)(H,83,97)(H,84,98)(H,85,99)(H,86,100)(H,87,108)(H,88,105)(H,89,106)(H,90,107)(H,101,102)(H,103,104)(H,111,112)/t54-,59+,60+,61+,62?,63+,64+,72+,80?/m1/s1. The van der Waals surface area contributed by atoms with Crippen LogP contribution in [0.1, 0.15) is 152 Å². The highest BCUT2D eigenvalue weighted by Gasteiger charge is 2.45. The van der Waals surface area contributed by atoms with E-state index in [0.29, 0.717) is 166 Å². The van der Waals surface area contributed by atoms with Gasteiger partial charge in [0.15, 0.2) is 0 Å². The Morgan fingerprint density at radius 1 is 0.636 bits per heavy atom. The van der Waals surface area contributed by atoms with E-state index in [1.807, 2.05) is 30.0 Å². The van der Waals surface area contributed by atoms with Gasteiger partial charge in [0.25, 0.3) is 0 Å². The molecule has 3 fully saturated rings. The summed E-state index contributed by atoms with van der Waals surface area (Å²) in [7, 11) is 1.74. The lowest BCUT2D eigenvalue weighted by molar-refractivity contribution is -0.148. The van der Waals surface area contributed by atoms with Gasteiger partial charge in [0.05, 0.1) is 45.6 Å². The Labute approximate surface area is 703 Å². The molecule has 38 heteroatoms. The molecule has 4 aliphatic rings. The summed E-state index contributed by atoms with van der Waals surface area (Å²) in [5.41, 5.74) is 8.00. The lowest BCUT2D eigenvalue weighted by Crippen LogP contribution is -2.61. The number of unbranched alkanes of at least 4 members (excludes halogenated alkanes) is 3. The first kappa shape index (κ1) is 98.6. The number of hydrogen-bond donors (Lipinski definition) is 14. The van der Waals surface area contributed by atoms with Gasteiger partial charge in [0, 0.05) is 151 Å². The van der Waals surface area contributed by atoms with E-state index in [2.05, 4.69) is 47.9 Å². The topological polar surface area (TPSA) is 495 Å². The molecular formula is C80H124N14O21S3. The lowest BCUT2D eigenvalue weighted by atomic mass is 9.89. The maximum atomic E-state index is 14.9. The number of fused-ring (bicyclic) bond motifs is 4. The van der Waals surface area contributed by atoms with Crippen molar-refractivity contribution in [3.8, 4) is 0 Å². The van der Waals surface area contributed by atoms with Crippen LogP contribution in [-0.2, 0) is 105 Å². The van der Waals surface area contributed by atoms with E-state index in [0.717, 1.165) is 29.5 Å². The fourth-order valence-electron chi connectivity index (χ4n) is 14.3. The third kappa shape index (κ3) is 36.4. The number of nitrogens with one attached hydrogen (secondary N) is 9. The number of aliphatic carboxylic acids is 3. The van der Waals surface area contributed by atoms with Crippen molar-refractivity contribution in [2.24, 2.45) is 5.73 Å². The van der Waals surface area contributed by atoms with Crippen LogP contribution in [0.2, 0.25) is 0 Å². The minimum absolute atomic E-state index is 0.0187. The number of ether oxygens (including phenoxy) is 3. The zero-order valence-corrected chi connectivity index (χ0v) is 70.7. The van der Waals surface area contributed by atoms with Gasteiger partial charge in [-0.2, -0.15) is 35.3 Å². The summed E-state index contributed by atoms with van der Waals surface area (Å²) in [6.07, 6.45) is 4.42. The number of carbonyl (C=O) groups excluding carboxylic acids is 11. The zero-order chi connectivity index (χ0) is 85.8. The number of thioether (sulfide) groups is 3. The number of aliphatic hydroxyl groups excluding tert-OH is 1. The van der Waals surface area contributed by atoms with E-state index in [1.54, 1.807) is 42.3 Å². The Hall–Kier alpha value is -8.21. The van der Waals surface area contributed by atoms with Crippen molar-refractivity contribution in [2.75, 3.05) is 136 Å². The number of hydrogen-bond acceptors (Lipinski definition) is 24. The molecule has 2 aromatic carbocycles. The number of nitrogens with zero attached hydrogens (tertiary/aromatic N) is 4. The van der Waals surface area contributed by atoms with Crippen LogP contribution in [0, 0.1) is 0 Å². The van der Waals surface area contributed by atoms with Crippen molar-refractivity contribution < 1.29 is 102 Å². The summed E-state index contributed by atoms with van der Waals surface area (Å²) >= 11 is 4.15. The van der Waals surface area contributed by atoms with Gasteiger partial charge in [0.2, 0.25) is 65.0 Å². The summed E-state index contributed by atoms with van der Waals surface area (Å²) in [4.78, 5) is 193. The molecular weight excluding hydrogens is 1590 g/mol. The number of aliphatic hydroxyl groups is 1. The van der Waals surface area contributed by atoms with E-state index in [9.17, 15) is 87.5 Å². The zero-order valence-electron chi connectivity index (χ0n) is 68.3. The number of carboxylic acid groups (broad SMARTS) is 3. The molecule has 2 bridgehead atoms. The van der Waals surface area contributed by atoms with Gasteiger partial charge in [-0.1, -0.05) is 74.7 Å². The van der Waals surface area contributed by atoms with Gasteiger partial charge in [-0.3, -0.25) is 72.1 Å². The second-order valence-electron chi connectivity index (χ2n) is 30.2. The average molecular weight is 1710 g/mol. The summed E-state index contributed by atoms with van der Waals surface area (Å²) < 4.78 is 16.9. The minimum Gasteiger partial charge on any atom is -0.480 e. The minimum atomic E-state index is -1.71. The highest BCUT2D eigenvalue weighted by atomic mass is 32.2. The fraction of sp³-hybridized carbons (Fsp3) is 0.675. The highest BCUT2D eigenvalue weighted by Crippen LogP contribution is 2.30. The number of benzene rings is 2. The molecule has 6 rings (SSSR count). The van der Waals surface area contributed by atoms with Crippen LogP contribution in [-0.4, -0.2) is 313 Å². The number of amides is 11. The molecule has 0 radical (unpaired) electrons. The van der Waals surface area contributed by atoms with Crippen LogP contribution < -0.4 is 53.6 Å². The molecule has 0 aromatic heterocycles. The van der Waals surface area contributed by atoms with E-state index in [-0.39, 0.29) is 112 Å². The Morgan fingerprint density at radius 3 is 1.84 bits per heavy atom. The highest BCUT2D eigenvalue weighted by molar-refractivity contribution is 7.99. The third-order valence-electron chi connectivity index (χ3n) is 20.6. The van der Waals surface area contributed by atoms with Crippen molar-refractivity contribution in [1.29, 1.82) is 0 Å². The Morgan fingerprint density at radius 2 is 1.22 bits per heavy atom. The smallest absolute Gasteiger partial charge is 0.327 e. The molecule has 4 heterocycles. The number of carbonyl (C=O) groups is 14. The summed E-state index contributed by atoms with van der Waals surface area (Å²) in [5.74, 6) is -8.23. The first-order valence-electron chi connectivity index (χ1n) is 41.0. The second kappa shape index (κ2) is 54.1. The van der Waals surface area contributed by atoms with Gasteiger partial charge in [0.1, 0.15) is 42.3 Å². The van der Waals surface area contributed by atoms with E-state index in [4.69, 9.17) is 19.9 Å². The molecule has 3 saturated heterocycles. The van der Waals surface area contributed by atoms with Gasteiger partial charge < -0.3 is 98.0 Å². The van der Waals surface area contributed by atoms with Gasteiger partial charge in [-0.05, 0) is 100 Å². The van der Waals surface area contributed by atoms with Crippen molar-refractivity contribution >= 4 is 118 Å². The van der Waals surface area contributed by atoms with Crippen LogP contribution in [0.4, 0.5) is 0 Å². The predicted molar refractivity (Wildman–Crippen MR) is 444 cm³/mol. The quantitative estimate of drug-likeness (QED) is 0.0405. The molecule has 9 atom stereocenters. The molecule has 2 aromatic rings. The van der Waals surface area contributed by atoms with E-state index in [1.165, 1.54) is 52.0 Å². The van der Waals surface area contributed by atoms with E-state index >= 15 is 0 Å². The molecule has 35 nitrogen and oxygen atoms in total. The SMILES string of the molecule is CCCCCC(=O)N[C@H]1CSCc2cc(CSCCNC(=O)CCC(=O)NCCCOCCOCCOCCCNC(=O)CCCCC3(N(C)CC(=O)O)CNCCN(CC(=O)O)C3)cc(c2)CSCC(C(=O)O)NC(=O)[C@H](Cc2ccccc2)NC(=O)[C@H](CCC(N)=O)NC(=O)[C@H]([C@@H](C)O)NC(=O)[C@@H]2CCCN2C(=O)[C@@H]2CCCN2C1=O. The summed E-state index contributed by atoms with van der Waals surface area (Å²) in [6.45, 7) is 8.55. The molecule has 2 unspecified atom stereocenters. The van der Waals surface area contributed by atoms with Gasteiger partial charge >= 0.3 is 17.9 Å². The number of primary amides is 1. The first-order valence-corrected chi connectivity index (χ1v) is 44.4. The lowest BCUT2D eigenvalue weighted by Gasteiger charge is -2.43. The van der Waals surface area contributed by atoms with Crippen LogP contribution in [0.5, 0.6) is 0 Å². The number of rotatable bonds is 44. The number of carboxylic acids is 3. The van der Waals surface area contributed by atoms with Crippen LogP contribution in [0.15, 0.2) is 48.5 Å². The molecule has 0 spiro atoms. The average Bonchev–Trinajstić information content (AvgIpc) is 1.61. The van der Waals surface area contributed by atoms with Crippen molar-refractivity contribution in [3.05, 3.63) is 70.8 Å². The Balaban J connectivity index is 0.978. The maximum absolute atomic E-state index is 14.9. The largest absolute Gasteiger partial charge is 0.480 e. The monoisotopic (exact) mass is 1710 g/mol. The van der Waals surface area contributed by atoms with Crippen molar-refractivity contribution in [1.82, 2.24) is 67.5 Å². The van der Waals surface area contributed by atoms with Crippen LogP contribution in [0.25, 0.3) is 0 Å². The van der Waals surface area contributed by atoms with Crippen molar-refractivity contribution in [2.45, 2.75) is 207 Å². The van der Waals surface area contributed by atoms with Gasteiger partial charge in [-0.25, -0.2) is 4.79 Å². The first-order chi connectivity index (χ1) is 56.6. The third-order valence-corrected chi connectivity index (χ3v) is 23.8. The summed E-state index contributed by atoms with van der Waals surface area (Å²) in [6, 6.07) is 5.07. The normalized spacial score (nSPS) is 21.9. The molecule has 118 heavy (non-hydrogen) atoms. The second-order valence-corrected chi connectivity index (χ2v) is 33.4.